The molecule has 1 aromatic carbocycles. The molecule has 0 aliphatic rings. The van der Waals surface area contributed by atoms with Gasteiger partial charge < -0.3 is 0 Å². The third-order valence-corrected chi connectivity index (χ3v) is 6.41. The van der Waals surface area contributed by atoms with Crippen LogP contribution in [0.1, 0.15) is 11.1 Å². The quantitative estimate of drug-likeness (QED) is 0.514. The van der Waals surface area contributed by atoms with E-state index in [9.17, 15) is 0 Å². The second-order valence-electron chi connectivity index (χ2n) is 2.53. The van der Waals surface area contributed by atoms with Gasteiger partial charge in [0.1, 0.15) is 0 Å². The first kappa shape index (κ1) is 8.43. The fraction of sp³-hybridized carbons (Fsp3) is 0.250. The Morgan fingerprint density at radius 2 is 1.20 bits per heavy atom. The van der Waals surface area contributed by atoms with Crippen LogP contribution in [0.5, 0.6) is 0 Å². The molecule has 0 saturated carbocycles. The van der Waals surface area contributed by atoms with Crippen molar-refractivity contribution in [2.24, 2.45) is 0 Å². The fourth-order valence-corrected chi connectivity index (χ4v) is 2.21. The standard InChI is InChI=1S/C8H12As2/c1-5-3-4-6(2)8(10)7(5)9/h3-4H,9-10H2,1-2H3. The first-order chi connectivity index (χ1) is 4.63. The SMILES string of the molecule is Cc1ccc(C)c([AsH2])c1[AsH2]. The van der Waals surface area contributed by atoms with Crippen LogP contribution < -0.4 is 8.70 Å². The minimum absolute atomic E-state index is 1.44. The average molecular weight is 258 g/mol. The molecule has 2 unspecified atom stereocenters. The van der Waals surface area contributed by atoms with Crippen molar-refractivity contribution in [2.75, 3.05) is 0 Å². The summed E-state index contributed by atoms with van der Waals surface area (Å²) in [6.07, 6.45) is 0. The van der Waals surface area contributed by atoms with E-state index in [-0.39, 0.29) is 0 Å². The fourth-order valence-electron chi connectivity index (χ4n) is 0.854. The van der Waals surface area contributed by atoms with E-state index in [1.807, 2.05) is 0 Å². The first-order valence-electron chi connectivity index (χ1n) is 3.24. The zero-order chi connectivity index (χ0) is 7.72. The summed E-state index contributed by atoms with van der Waals surface area (Å²) in [4.78, 5) is 0. The summed E-state index contributed by atoms with van der Waals surface area (Å²) in [7, 11) is 0. The molecule has 0 aliphatic carbocycles. The van der Waals surface area contributed by atoms with E-state index in [1.54, 1.807) is 33.7 Å². The van der Waals surface area contributed by atoms with Gasteiger partial charge in [0.25, 0.3) is 0 Å². The zero-order valence-corrected chi connectivity index (χ0v) is 11.2. The summed E-state index contributed by atoms with van der Waals surface area (Å²) < 4.78 is 3.04. The number of aryl methyl sites for hydroxylation is 2. The molecule has 1 rings (SSSR count). The molecule has 2 atom stereocenters. The van der Waals surface area contributed by atoms with E-state index in [0.717, 1.165) is 0 Å². The molecular formula is C8H12As2. The van der Waals surface area contributed by atoms with Crippen LogP contribution >= 0.6 is 0 Å². The molecule has 0 N–H and O–H groups in total. The molecule has 2 heteroatoms. The molecule has 10 heavy (non-hydrogen) atoms. The number of hydrogen-bond acceptors (Lipinski definition) is 0. The summed E-state index contributed by atoms with van der Waals surface area (Å²) in [5, 5.41) is 0. The Kier molecular flexibility index (Phi) is 2.66. The predicted molar refractivity (Wildman–Crippen MR) is 52.3 cm³/mol. The Bertz CT molecular complexity index is 227. The zero-order valence-electron chi connectivity index (χ0n) is 6.31. The minimum atomic E-state index is 1.44. The van der Waals surface area contributed by atoms with Crippen molar-refractivity contribution in [3.05, 3.63) is 23.3 Å². The van der Waals surface area contributed by atoms with E-state index in [0.29, 0.717) is 0 Å². The van der Waals surface area contributed by atoms with E-state index in [4.69, 9.17) is 0 Å². The van der Waals surface area contributed by atoms with Gasteiger partial charge in [-0.05, 0) is 0 Å². The topological polar surface area (TPSA) is 0 Å². The molecule has 0 aliphatic heterocycles. The van der Waals surface area contributed by atoms with Crippen molar-refractivity contribution < 1.29 is 0 Å². The molecule has 0 nitrogen and oxygen atoms in total. The van der Waals surface area contributed by atoms with Gasteiger partial charge in [-0.1, -0.05) is 0 Å². The molecule has 0 amide bonds. The maximum absolute atomic E-state index is 2.20. The van der Waals surface area contributed by atoms with Crippen molar-refractivity contribution in [1.82, 2.24) is 0 Å². The Morgan fingerprint density at radius 1 is 0.900 bits per heavy atom. The van der Waals surface area contributed by atoms with Gasteiger partial charge in [0.2, 0.25) is 0 Å². The normalized spacial score (nSPS) is 10.0. The Balaban J connectivity index is 3.34. The number of rotatable bonds is 0. The molecule has 54 valence electrons. The van der Waals surface area contributed by atoms with E-state index >= 15 is 0 Å². The van der Waals surface area contributed by atoms with E-state index in [1.165, 1.54) is 19.8 Å². The second-order valence-corrected chi connectivity index (χ2v) is 4.95. The van der Waals surface area contributed by atoms with Crippen LogP contribution in [0.3, 0.4) is 0 Å². The molecule has 0 radical (unpaired) electrons. The van der Waals surface area contributed by atoms with Crippen LogP contribution in [0.4, 0.5) is 0 Å². The van der Waals surface area contributed by atoms with Crippen LogP contribution in [-0.2, 0) is 0 Å². The van der Waals surface area contributed by atoms with Crippen molar-refractivity contribution in [3.8, 4) is 0 Å². The van der Waals surface area contributed by atoms with Gasteiger partial charge in [0, 0.05) is 0 Å². The predicted octanol–water partition coefficient (Wildman–Crippen LogP) is -1.18. The Morgan fingerprint density at radius 3 is 1.50 bits per heavy atom. The summed E-state index contributed by atoms with van der Waals surface area (Å²) >= 11 is 3.49. The number of benzene rings is 1. The van der Waals surface area contributed by atoms with E-state index in [2.05, 4.69) is 26.0 Å². The second kappa shape index (κ2) is 3.16. The van der Waals surface area contributed by atoms with Crippen molar-refractivity contribution >= 4 is 42.4 Å². The molecule has 0 aromatic heterocycles. The van der Waals surface area contributed by atoms with Crippen molar-refractivity contribution in [2.45, 2.75) is 13.8 Å². The van der Waals surface area contributed by atoms with Gasteiger partial charge in [0.05, 0.1) is 0 Å². The van der Waals surface area contributed by atoms with Crippen LogP contribution in [0.15, 0.2) is 12.1 Å². The molecule has 0 bridgehead atoms. The van der Waals surface area contributed by atoms with Gasteiger partial charge in [-0.2, -0.15) is 0 Å². The van der Waals surface area contributed by atoms with Crippen LogP contribution in [0, 0.1) is 13.8 Å². The molecule has 0 heterocycles. The van der Waals surface area contributed by atoms with Crippen LogP contribution in [-0.4, -0.2) is 33.7 Å². The third-order valence-electron chi connectivity index (χ3n) is 1.72. The molecule has 0 fully saturated rings. The van der Waals surface area contributed by atoms with Gasteiger partial charge in [0.15, 0.2) is 0 Å². The average Bonchev–Trinajstić information content (AvgIpc) is 1.93. The summed E-state index contributed by atoms with van der Waals surface area (Å²) in [5.74, 6) is 0. The maximum atomic E-state index is 2.20. The first-order valence-corrected chi connectivity index (χ1v) is 5.66. The Hall–Kier alpha value is 0.337. The van der Waals surface area contributed by atoms with Crippen molar-refractivity contribution in [1.29, 1.82) is 0 Å². The molecule has 1 aromatic rings. The third kappa shape index (κ3) is 1.49. The van der Waals surface area contributed by atoms with Gasteiger partial charge in [-0.3, -0.25) is 0 Å². The monoisotopic (exact) mass is 258 g/mol. The summed E-state index contributed by atoms with van der Waals surface area (Å²) in [6.45, 7) is 4.36. The molecular weight excluding hydrogens is 246 g/mol. The van der Waals surface area contributed by atoms with Gasteiger partial charge in [-0.25, -0.2) is 0 Å². The van der Waals surface area contributed by atoms with Crippen LogP contribution in [0.2, 0.25) is 0 Å². The molecule has 0 saturated heterocycles. The van der Waals surface area contributed by atoms with Crippen LogP contribution in [0.25, 0.3) is 0 Å². The van der Waals surface area contributed by atoms with E-state index < -0.39 is 0 Å². The van der Waals surface area contributed by atoms with Gasteiger partial charge in [-0.15, -0.1) is 0 Å². The Labute approximate surface area is 79.4 Å². The number of hydrogen-bond donors (Lipinski definition) is 0. The summed E-state index contributed by atoms with van der Waals surface area (Å²) in [6, 6.07) is 4.41. The van der Waals surface area contributed by atoms with Gasteiger partial charge >= 0.3 is 79.5 Å². The molecule has 0 spiro atoms. The van der Waals surface area contributed by atoms with Crippen molar-refractivity contribution in [3.63, 3.8) is 0 Å². The summed E-state index contributed by atoms with van der Waals surface area (Å²) in [5.41, 5.74) is 2.87.